The maximum atomic E-state index is 14.2. The molecule has 0 aliphatic carbocycles. The fourth-order valence-corrected chi connectivity index (χ4v) is 10.3. The molecular formula is C64H76F3N13O17. The van der Waals surface area contributed by atoms with E-state index in [9.17, 15) is 61.4 Å². The summed E-state index contributed by atoms with van der Waals surface area (Å²) in [6.07, 6.45) is -2.98. The van der Waals surface area contributed by atoms with Gasteiger partial charge in [0.1, 0.15) is 50.6 Å². The average Bonchev–Trinajstić information content (AvgIpc) is 1.62. The number of carbonyl (C=O) groups is 9. The second-order valence-corrected chi connectivity index (χ2v) is 22.3. The first-order valence-electron chi connectivity index (χ1n) is 30.9. The van der Waals surface area contributed by atoms with E-state index < -0.39 is 84.0 Å². The molecule has 2 aromatic heterocycles. The Bertz CT molecular complexity index is 3780. The Kier molecular flexibility index (Phi) is 27.0. The number of aliphatic hydroxyl groups is 1. The first-order valence-corrected chi connectivity index (χ1v) is 30.9. The molecule has 33 heteroatoms. The third-order valence-corrected chi connectivity index (χ3v) is 15.4. The number of nitrogens with one attached hydrogen (secondary N) is 7. The van der Waals surface area contributed by atoms with Gasteiger partial charge in [-0.3, -0.25) is 43.3 Å². The lowest BCUT2D eigenvalue weighted by molar-refractivity contribution is -0.192. The minimum atomic E-state index is -5.08. The van der Waals surface area contributed by atoms with E-state index in [1.165, 1.54) is 6.21 Å². The number of carboxylic acids is 1. The Morgan fingerprint density at radius 2 is 1.34 bits per heavy atom. The number of amides is 7. The molecule has 0 bridgehead atoms. The number of hydrogen-bond donors (Lipinski definition) is 11. The highest BCUT2D eigenvalue weighted by atomic mass is 19.4. The fraction of sp³-hybridized carbons (Fsp3) is 0.422. The summed E-state index contributed by atoms with van der Waals surface area (Å²) < 4.78 is 54.9. The number of pyridine rings is 2. The summed E-state index contributed by atoms with van der Waals surface area (Å²) in [6, 6.07) is 20.4. The number of guanidine groups is 1. The number of halogens is 3. The molecule has 0 unspecified atom stereocenters. The van der Waals surface area contributed by atoms with Crippen molar-refractivity contribution in [2.24, 2.45) is 21.6 Å². The van der Waals surface area contributed by atoms with Crippen LogP contribution in [0.5, 0.6) is 0 Å². The molecule has 0 spiro atoms. The fourth-order valence-electron chi connectivity index (χ4n) is 10.3. The average molecular weight is 1360 g/mol. The highest BCUT2D eigenvalue weighted by molar-refractivity contribution is 6.02. The molecule has 8 rings (SSSR count). The van der Waals surface area contributed by atoms with Crippen molar-refractivity contribution in [3.05, 3.63) is 134 Å². The normalized spacial score (nSPS) is 18.7. The van der Waals surface area contributed by atoms with Crippen molar-refractivity contribution in [1.29, 1.82) is 0 Å². The molecule has 5 atom stereocenters. The number of nitrogens with zero attached hydrogens (tertiary/aromatic N) is 4. The van der Waals surface area contributed by atoms with Gasteiger partial charge in [-0.25, -0.2) is 14.6 Å². The molecular weight excluding hydrogens is 1280 g/mol. The van der Waals surface area contributed by atoms with Gasteiger partial charge in [0.2, 0.25) is 41.4 Å². The van der Waals surface area contributed by atoms with E-state index in [1.807, 2.05) is 30.3 Å². The summed E-state index contributed by atoms with van der Waals surface area (Å²) in [4.78, 5) is 143. The second-order valence-electron chi connectivity index (χ2n) is 22.3. The standard InChI is InChI=1S/C62H75N13O15.C2HF3O2/c1-3-45-56(80)73-48(27-37-11-6-5-7-12-37)58(82)74-49(57(81)72-47(15-10-20-66-61(63)64)55(79)68-32-51(76)70-45)28-38-16-18-39(19-17-38)30-67-53(78)36-88-26-24-86-23-25-87-35-52(77)65-21-22-90-69-31-41-40-13-8-9-14-46(40)71-54-42(41)33-75-50(54)29-44-43(59(75)83)34-89-60(84)62(44,85)4-2;3-2(4,5)1(6)7/h5-9,11-14,16-19,29,31,45,47-49,85H,3-4,10,15,20-28,30,32-36H2,1-2H3,(H,65,77)(H,67,78)(H,68,79)(H,70,76)(H,72,81)(H,73,80)(H,74,82)(H4,63,64,66);(H,6,7)/b69-31-;/t45-,47-,48+,49-,62-;/m0./s1. The van der Waals surface area contributed by atoms with Crippen LogP contribution in [-0.2, 0) is 105 Å². The maximum Gasteiger partial charge on any atom is 0.490 e. The minimum absolute atomic E-state index is 0.0214. The van der Waals surface area contributed by atoms with Gasteiger partial charge in [-0.05, 0) is 54.5 Å². The molecule has 13 N–H and O–H groups in total. The topological polar surface area (TPSA) is 436 Å². The number of carbonyl (C=O) groups excluding carboxylic acids is 8. The lowest BCUT2D eigenvalue weighted by Crippen LogP contribution is -2.58. The molecule has 3 aliphatic rings. The Labute approximate surface area is 552 Å². The van der Waals surface area contributed by atoms with Crippen LogP contribution in [0.25, 0.3) is 22.3 Å². The largest absolute Gasteiger partial charge is 0.490 e. The number of benzene rings is 3. The van der Waals surface area contributed by atoms with Crippen molar-refractivity contribution < 1.29 is 90.3 Å². The molecule has 3 aliphatic heterocycles. The summed E-state index contributed by atoms with van der Waals surface area (Å²) in [5, 5.41) is 42.2. The van der Waals surface area contributed by atoms with Crippen LogP contribution in [0.2, 0.25) is 0 Å². The monoisotopic (exact) mass is 1360 g/mol. The first kappa shape index (κ1) is 74.0. The Hall–Kier alpha value is -10.4. The summed E-state index contributed by atoms with van der Waals surface area (Å²) in [7, 11) is 0. The zero-order valence-corrected chi connectivity index (χ0v) is 53.0. The van der Waals surface area contributed by atoms with Gasteiger partial charge >= 0.3 is 18.1 Å². The Balaban J connectivity index is 0.00000179. The van der Waals surface area contributed by atoms with Crippen molar-refractivity contribution in [2.45, 2.75) is 108 Å². The number of alkyl halides is 3. The molecule has 1 fully saturated rings. The lowest BCUT2D eigenvalue weighted by Gasteiger charge is -2.31. The van der Waals surface area contributed by atoms with Crippen LogP contribution in [0.4, 0.5) is 13.2 Å². The van der Waals surface area contributed by atoms with Crippen LogP contribution in [0.1, 0.15) is 78.5 Å². The number of para-hydroxylation sites is 1. The van der Waals surface area contributed by atoms with Crippen LogP contribution >= 0.6 is 0 Å². The Morgan fingerprint density at radius 1 is 0.753 bits per heavy atom. The van der Waals surface area contributed by atoms with Crippen molar-refractivity contribution in [3.8, 4) is 11.4 Å². The molecule has 5 aromatic rings. The Morgan fingerprint density at radius 3 is 1.97 bits per heavy atom. The number of cyclic esters (lactones) is 1. The second kappa shape index (κ2) is 35.4. The number of oxime groups is 1. The van der Waals surface area contributed by atoms with Crippen molar-refractivity contribution in [1.82, 2.24) is 46.8 Å². The third-order valence-electron chi connectivity index (χ3n) is 15.4. The van der Waals surface area contributed by atoms with E-state index in [0.717, 1.165) is 10.9 Å². The van der Waals surface area contributed by atoms with Crippen LogP contribution in [0.3, 0.4) is 0 Å². The van der Waals surface area contributed by atoms with Crippen LogP contribution in [0.15, 0.2) is 99.9 Å². The zero-order chi connectivity index (χ0) is 70.2. The molecule has 5 heterocycles. The van der Waals surface area contributed by atoms with Crippen LogP contribution < -0.4 is 54.2 Å². The number of nitrogens with two attached hydrogens (primary N) is 2. The number of ether oxygens (including phenoxy) is 4. The number of fused-ring (bicyclic) bond motifs is 5. The molecule has 7 amide bonds. The van der Waals surface area contributed by atoms with E-state index in [0.29, 0.717) is 39.2 Å². The number of hydrogen-bond acceptors (Lipinski definition) is 19. The number of aromatic nitrogens is 2. The van der Waals surface area contributed by atoms with Gasteiger partial charge in [-0.1, -0.05) is 91.8 Å². The van der Waals surface area contributed by atoms with Crippen LogP contribution in [-0.4, -0.2) is 181 Å². The van der Waals surface area contributed by atoms with Gasteiger partial charge in [0, 0.05) is 48.0 Å². The zero-order valence-electron chi connectivity index (χ0n) is 53.0. The van der Waals surface area contributed by atoms with Gasteiger partial charge in [-0.2, -0.15) is 13.2 Å². The molecule has 97 heavy (non-hydrogen) atoms. The molecule has 30 nitrogen and oxygen atoms in total. The number of rotatable bonds is 27. The highest BCUT2D eigenvalue weighted by Gasteiger charge is 2.46. The van der Waals surface area contributed by atoms with Gasteiger partial charge in [0.05, 0.1) is 74.7 Å². The van der Waals surface area contributed by atoms with E-state index in [1.54, 1.807) is 73.0 Å². The quantitative estimate of drug-likeness (QED) is 0.0105. The predicted octanol–water partition coefficient (Wildman–Crippen LogP) is -0.136. The summed E-state index contributed by atoms with van der Waals surface area (Å²) in [5.41, 5.74) is 14.1. The summed E-state index contributed by atoms with van der Waals surface area (Å²) >= 11 is 0. The molecule has 1 saturated heterocycles. The van der Waals surface area contributed by atoms with E-state index in [-0.39, 0.29) is 152 Å². The van der Waals surface area contributed by atoms with Gasteiger partial charge < -0.3 is 87.3 Å². The number of aliphatic carboxylic acids is 1. The molecule has 3 aromatic carbocycles. The minimum Gasteiger partial charge on any atom is -0.475 e. The third kappa shape index (κ3) is 21.1. The maximum absolute atomic E-state index is 14.2. The summed E-state index contributed by atoms with van der Waals surface area (Å²) in [5.74, 6) is -7.82. The van der Waals surface area contributed by atoms with E-state index in [4.69, 9.17) is 50.1 Å². The first-order chi connectivity index (χ1) is 46.4. The molecule has 0 saturated carbocycles. The van der Waals surface area contributed by atoms with Crippen molar-refractivity contribution in [2.75, 3.05) is 65.9 Å². The SMILES string of the molecule is CC[C@@H]1NC(=O)CNC(=O)[C@H](CCCN=C(N)N)NC(=O)[C@H](Cc2ccc(CNC(=O)COCCOCCOCC(=O)NCCO/N=C\c3c4c(nc5ccccc35)-c3cc5c(c(=O)n3C4)COC(=O)[C@]5(O)CC)cc2)NC(=O)[C@@H](Cc2ccccc2)NC1=O.O=C(O)C(F)(F)F. The predicted molar refractivity (Wildman–Crippen MR) is 340 cm³/mol. The van der Waals surface area contributed by atoms with Gasteiger partial charge in [0.15, 0.2) is 11.6 Å². The highest BCUT2D eigenvalue weighted by Crippen LogP contribution is 2.40. The molecule has 0 radical (unpaired) electrons. The number of aliphatic imine (C=N–C) groups is 1. The summed E-state index contributed by atoms with van der Waals surface area (Å²) in [6.45, 7) is 3.28. The lowest BCUT2D eigenvalue weighted by atomic mass is 9.86. The van der Waals surface area contributed by atoms with Crippen LogP contribution in [0, 0.1) is 0 Å². The van der Waals surface area contributed by atoms with Gasteiger partial charge in [0.25, 0.3) is 5.56 Å². The van der Waals surface area contributed by atoms with E-state index >= 15 is 0 Å². The van der Waals surface area contributed by atoms with Crippen molar-refractivity contribution in [3.63, 3.8) is 0 Å². The molecule has 520 valence electrons. The van der Waals surface area contributed by atoms with E-state index in [2.05, 4.69) is 47.4 Å². The van der Waals surface area contributed by atoms with Crippen molar-refractivity contribution >= 4 is 76.4 Å². The smallest absolute Gasteiger partial charge is 0.475 e. The van der Waals surface area contributed by atoms with Gasteiger partial charge in [-0.15, -0.1) is 0 Å². The number of carboxylic acid groups (broad SMARTS) is 1. The number of esters is 1.